The van der Waals surface area contributed by atoms with Crippen LogP contribution in [-0.2, 0) is 6.42 Å². The molecule has 1 amide bonds. The highest BCUT2D eigenvalue weighted by atomic mass is 16.1. The third-order valence-corrected chi connectivity index (χ3v) is 4.53. The Kier molecular flexibility index (Phi) is 4.50. The van der Waals surface area contributed by atoms with E-state index in [1.807, 2.05) is 18.2 Å². The largest absolute Gasteiger partial charge is 0.325 e. The molecule has 6 heteroatoms. The number of nitriles is 1. The molecule has 0 saturated heterocycles. The van der Waals surface area contributed by atoms with Gasteiger partial charge < -0.3 is 10.2 Å². The van der Waals surface area contributed by atoms with Crippen LogP contribution in [0.1, 0.15) is 28.0 Å². The Morgan fingerprint density at radius 1 is 1.07 bits per heavy atom. The normalized spacial score (nSPS) is 12.8. The summed E-state index contributed by atoms with van der Waals surface area (Å²) in [7, 11) is 0. The second-order valence-corrected chi connectivity index (χ2v) is 6.29. The Bertz CT molecular complexity index is 1010. The van der Waals surface area contributed by atoms with Crippen LogP contribution in [-0.4, -0.2) is 22.4 Å². The first-order valence-electron chi connectivity index (χ1n) is 8.73. The SMILES string of the molecule is N#Cc1ccc(NC(=O)c2cnc(N3CCCc4ccccc43)cn2)cc1. The van der Waals surface area contributed by atoms with Crippen LogP contribution in [0.5, 0.6) is 0 Å². The summed E-state index contributed by atoms with van der Waals surface area (Å²) in [6.07, 6.45) is 5.24. The van der Waals surface area contributed by atoms with Gasteiger partial charge in [0, 0.05) is 17.9 Å². The molecule has 4 rings (SSSR count). The molecule has 6 nitrogen and oxygen atoms in total. The van der Waals surface area contributed by atoms with Gasteiger partial charge in [0.05, 0.1) is 24.0 Å². The minimum Gasteiger partial charge on any atom is -0.325 e. The third-order valence-electron chi connectivity index (χ3n) is 4.53. The summed E-state index contributed by atoms with van der Waals surface area (Å²) >= 11 is 0. The highest BCUT2D eigenvalue weighted by Gasteiger charge is 2.19. The summed E-state index contributed by atoms with van der Waals surface area (Å²) in [6, 6.07) is 17.0. The van der Waals surface area contributed by atoms with Crippen molar-refractivity contribution in [2.75, 3.05) is 16.8 Å². The molecule has 1 aliphatic rings. The Balaban J connectivity index is 1.51. The number of nitrogens with one attached hydrogen (secondary N) is 1. The third kappa shape index (κ3) is 3.48. The number of fused-ring (bicyclic) bond motifs is 1. The number of benzene rings is 2. The molecule has 0 unspecified atom stereocenters. The molecule has 0 fully saturated rings. The lowest BCUT2D eigenvalue weighted by Crippen LogP contribution is -2.25. The monoisotopic (exact) mass is 355 g/mol. The molecule has 1 aromatic heterocycles. The van der Waals surface area contributed by atoms with Gasteiger partial charge in [0.15, 0.2) is 5.82 Å². The smallest absolute Gasteiger partial charge is 0.275 e. The zero-order valence-corrected chi connectivity index (χ0v) is 14.6. The van der Waals surface area contributed by atoms with Gasteiger partial charge >= 0.3 is 0 Å². The maximum Gasteiger partial charge on any atom is 0.275 e. The molecular formula is C21H17N5O. The molecule has 0 spiro atoms. The fourth-order valence-corrected chi connectivity index (χ4v) is 3.17. The van der Waals surface area contributed by atoms with Crippen LogP contribution in [0.2, 0.25) is 0 Å². The molecule has 27 heavy (non-hydrogen) atoms. The molecule has 3 aromatic rings. The van der Waals surface area contributed by atoms with Crippen molar-refractivity contribution in [2.45, 2.75) is 12.8 Å². The summed E-state index contributed by atoms with van der Waals surface area (Å²) in [6.45, 7) is 0.877. The number of hydrogen-bond acceptors (Lipinski definition) is 5. The van der Waals surface area contributed by atoms with Crippen LogP contribution in [0.3, 0.4) is 0 Å². The second kappa shape index (κ2) is 7.26. The van der Waals surface area contributed by atoms with Crippen molar-refractivity contribution < 1.29 is 4.79 Å². The summed E-state index contributed by atoms with van der Waals surface area (Å²) < 4.78 is 0. The van der Waals surface area contributed by atoms with Crippen LogP contribution in [0.4, 0.5) is 17.2 Å². The van der Waals surface area contributed by atoms with E-state index < -0.39 is 0 Å². The summed E-state index contributed by atoms with van der Waals surface area (Å²) in [5.74, 6) is 0.398. The van der Waals surface area contributed by atoms with Gasteiger partial charge in [0.25, 0.3) is 5.91 Å². The van der Waals surface area contributed by atoms with Crippen molar-refractivity contribution >= 4 is 23.1 Å². The van der Waals surface area contributed by atoms with Crippen molar-refractivity contribution in [3.8, 4) is 6.07 Å². The molecule has 132 valence electrons. The first kappa shape index (κ1) is 16.7. The minimum absolute atomic E-state index is 0.244. The summed E-state index contributed by atoms with van der Waals surface area (Å²) in [5, 5.41) is 11.6. The van der Waals surface area contributed by atoms with Crippen molar-refractivity contribution in [1.82, 2.24) is 9.97 Å². The summed E-state index contributed by atoms with van der Waals surface area (Å²) in [4.78, 5) is 23.2. The topological polar surface area (TPSA) is 81.9 Å². The molecule has 0 bridgehead atoms. The molecular weight excluding hydrogens is 338 g/mol. The van der Waals surface area contributed by atoms with Crippen LogP contribution < -0.4 is 10.2 Å². The van der Waals surface area contributed by atoms with Crippen molar-refractivity contribution in [3.05, 3.63) is 77.7 Å². The maximum atomic E-state index is 12.4. The van der Waals surface area contributed by atoms with E-state index in [-0.39, 0.29) is 11.6 Å². The van der Waals surface area contributed by atoms with E-state index in [4.69, 9.17) is 5.26 Å². The number of amides is 1. The number of carbonyl (C=O) groups is 1. The van der Waals surface area contributed by atoms with E-state index in [2.05, 4.69) is 32.3 Å². The van der Waals surface area contributed by atoms with Gasteiger partial charge in [0.1, 0.15) is 5.69 Å². The number of hydrogen-bond donors (Lipinski definition) is 1. The number of anilines is 3. The zero-order chi connectivity index (χ0) is 18.6. The van der Waals surface area contributed by atoms with Gasteiger partial charge in [-0.2, -0.15) is 5.26 Å². The van der Waals surface area contributed by atoms with Gasteiger partial charge in [-0.3, -0.25) is 4.79 Å². The molecule has 1 aliphatic heterocycles. The quantitative estimate of drug-likeness (QED) is 0.775. The molecule has 1 N–H and O–H groups in total. The van der Waals surface area contributed by atoms with Crippen LogP contribution in [0.15, 0.2) is 60.9 Å². The second-order valence-electron chi connectivity index (χ2n) is 6.29. The van der Waals surface area contributed by atoms with Crippen molar-refractivity contribution in [2.24, 2.45) is 0 Å². The van der Waals surface area contributed by atoms with Crippen LogP contribution in [0, 0.1) is 11.3 Å². The Morgan fingerprint density at radius 3 is 2.63 bits per heavy atom. The molecule has 0 aliphatic carbocycles. The van der Waals surface area contributed by atoms with Gasteiger partial charge in [0.2, 0.25) is 0 Å². The lowest BCUT2D eigenvalue weighted by atomic mass is 10.0. The molecule has 2 heterocycles. The average Bonchev–Trinajstić information content (AvgIpc) is 2.74. The highest BCUT2D eigenvalue weighted by Crippen LogP contribution is 2.31. The molecule has 0 atom stereocenters. The highest BCUT2D eigenvalue weighted by molar-refractivity contribution is 6.02. The molecule has 0 saturated carbocycles. The number of rotatable bonds is 3. The number of para-hydroxylation sites is 1. The number of aromatic nitrogens is 2. The molecule has 0 radical (unpaired) electrons. The van der Waals surface area contributed by atoms with E-state index in [1.54, 1.807) is 30.5 Å². The lowest BCUT2D eigenvalue weighted by molar-refractivity contribution is 0.102. The van der Waals surface area contributed by atoms with Crippen molar-refractivity contribution in [1.29, 1.82) is 5.26 Å². The minimum atomic E-state index is -0.335. The average molecular weight is 355 g/mol. The zero-order valence-electron chi connectivity index (χ0n) is 14.6. The summed E-state index contributed by atoms with van der Waals surface area (Å²) in [5.41, 5.74) is 3.84. The number of aryl methyl sites for hydroxylation is 1. The predicted octanol–water partition coefficient (Wildman–Crippen LogP) is 3.68. The van der Waals surface area contributed by atoms with Crippen LogP contribution in [0.25, 0.3) is 0 Å². The van der Waals surface area contributed by atoms with Gasteiger partial charge in [-0.25, -0.2) is 9.97 Å². The van der Waals surface area contributed by atoms with E-state index in [9.17, 15) is 4.79 Å². The standard InChI is InChI=1S/C21H17N5O/c22-12-15-7-9-17(10-8-15)25-21(27)18-13-24-20(14-23-18)26-11-3-5-16-4-1-2-6-19(16)26/h1-2,4,6-10,13-14H,3,5,11H2,(H,25,27). The van der Waals surface area contributed by atoms with Crippen molar-refractivity contribution in [3.63, 3.8) is 0 Å². The van der Waals surface area contributed by atoms with Crippen LogP contribution >= 0.6 is 0 Å². The Hall–Kier alpha value is -3.72. The van der Waals surface area contributed by atoms with E-state index in [1.165, 1.54) is 11.8 Å². The fraction of sp³-hybridized carbons (Fsp3) is 0.143. The van der Waals surface area contributed by atoms with Gasteiger partial charge in [-0.15, -0.1) is 0 Å². The first-order valence-corrected chi connectivity index (χ1v) is 8.73. The Morgan fingerprint density at radius 2 is 1.89 bits per heavy atom. The molecule has 2 aromatic carbocycles. The predicted molar refractivity (Wildman–Crippen MR) is 103 cm³/mol. The van der Waals surface area contributed by atoms with Gasteiger partial charge in [-0.1, -0.05) is 18.2 Å². The first-order chi connectivity index (χ1) is 13.2. The van der Waals surface area contributed by atoms with E-state index in [0.717, 1.165) is 30.9 Å². The Labute approximate surface area is 157 Å². The number of carbonyl (C=O) groups excluding carboxylic acids is 1. The van der Waals surface area contributed by atoms with Gasteiger partial charge in [-0.05, 0) is 48.7 Å². The van der Waals surface area contributed by atoms with E-state index >= 15 is 0 Å². The number of nitrogens with zero attached hydrogens (tertiary/aromatic N) is 4. The maximum absolute atomic E-state index is 12.4. The lowest BCUT2D eigenvalue weighted by Gasteiger charge is -2.30. The van der Waals surface area contributed by atoms with E-state index in [0.29, 0.717) is 11.3 Å². The fourth-order valence-electron chi connectivity index (χ4n) is 3.17.